The van der Waals surface area contributed by atoms with E-state index in [1.54, 1.807) is 17.0 Å². The number of hydrogen-bond donors (Lipinski definition) is 0. The van der Waals surface area contributed by atoms with Crippen LogP contribution in [0.5, 0.6) is 0 Å². The molecule has 0 saturated carbocycles. The number of likely N-dealkylation sites (tertiary alicyclic amines) is 1. The first kappa shape index (κ1) is 13.3. The molecule has 0 N–H and O–H groups in total. The molecule has 2 aromatic heterocycles. The molecule has 0 spiro atoms. The zero-order valence-corrected chi connectivity index (χ0v) is 12.4. The number of amides is 1. The Kier molecular flexibility index (Phi) is 3.11. The Labute approximate surface area is 129 Å². The van der Waals surface area contributed by atoms with E-state index in [0.717, 1.165) is 25.9 Å². The summed E-state index contributed by atoms with van der Waals surface area (Å²) in [7, 11) is 0. The lowest BCUT2D eigenvalue weighted by Crippen LogP contribution is -2.29. The minimum atomic E-state index is -0.322. The van der Waals surface area contributed by atoms with Crippen LogP contribution < -0.4 is 0 Å². The molecule has 1 fully saturated rings. The number of fused-ring (bicyclic) bond motifs is 1. The molecule has 6 nitrogen and oxygen atoms in total. The van der Waals surface area contributed by atoms with Crippen molar-refractivity contribution in [3.05, 3.63) is 35.9 Å². The van der Waals surface area contributed by atoms with Crippen molar-refractivity contribution < 1.29 is 9.18 Å². The van der Waals surface area contributed by atoms with Crippen LogP contribution >= 0.6 is 11.3 Å². The maximum Gasteiger partial charge on any atom is 0.293 e. The third kappa shape index (κ3) is 2.16. The molecule has 22 heavy (non-hydrogen) atoms. The van der Waals surface area contributed by atoms with E-state index < -0.39 is 0 Å². The van der Waals surface area contributed by atoms with Crippen LogP contribution in [0.4, 0.5) is 4.39 Å². The van der Waals surface area contributed by atoms with Gasteiger partial charge in [-0.15, -0.1) is 10.2 Å². The highest BCUT2D eigenvalue weighted by Gasteiger charge is 2.25. The van der Waals surface area contributed by atoms with E-state index in [1.807, 2.05) is 0 Å². The lowest BCUT2D eigenvalue weighted by molar-refractivity contribution is 0.0778. The Morgan fingerprint density at radius 1 is 1.23 bits per heavy atom. The largest absolute Gasteiger partial charge is 0.336 e. The van der Waals surface area contributed by atoms with Gasteiger partial charge in [0.25, 0.3) is 5.91 Å². The van der Waals surface area contributed by atoms with Crippen molar-refractivity contribution in [2.45, 2.75) is 12.8 Å². The number of halogens is 1. The minimum Gasteiger partial charge on any atom is -0.336 e. The average molecular weight is 317 g/mol. The first-order chi connectivity index (χ1) is 10.7. The maximum absolute atomic E-state index is 13.3. The van der Waals surface area contributed by atoms with Crippen LogP contribution in [0, 0.1) is 5.82 Å². The number of carbonyl (C=O) groups excluding carboxylic acids is 1. The molecular formula is C14H12FN5OS. The Balaban J connectivity index is 1.74. The molecule has 4 rings (SSSR count). The van der Waals surface area contributed by atoms with Gasteiger partial charge in [-0.3, -0.25) is 4.79 Å². The molecule has 3 heterocycles. The van der Waals surface area contributed by atoms with Crippen molar-refractivity contribution >= 4 is 22.2 Å². The number of carbonyl (C=O) groups is 1. The molecule has 0 bridgehead atoms. The van der Waals surface area contributed by atoms with Gasteiger partial charge in [0.2, 0.25) is 10.8 Å². The maximum atomic E-state index is 13.3. The van der Waals surface area contributed by atoms with Crippen molar-refractivity contribution in [2.75, 3.05) is 13.1 Å². The number of nitrogens with zero attached hydrogens (tertiary/aromatic N) is 5. The predicted octanol–water partition coefficient (Wildman–Crippen LogP) is 2.23. The highest BCUT2D eigenvalue weighted by Crippen LogP contribution is 2.26. The topological polar surface area (TPSA) is 63.4 Å². The molecule has 0 aliphatic carbocycles. The van der Waals surface area contributed by atoms with Gasteiger partial charge >= 0.3 is 0 Å². The van der Waals surface area contributed by atoms with Gasteiger partial charge in [0.05, 0.1) is 0 Å². The molecular weight excluding hydrogens is 305 g/mol. The predicted molar refractivity (Wildman–Crippen MR) is 79.2 cm³/mol. The van der Waals surface area contributed by atoms with Crippen LogP contribution in [0.2, 0.25) is 0 Å². The van der Waals surface area contributed by atoms with Crippen molar-refractivity contribution in [3.8, 4) is 10.6 Å². The quantitative estimate of drug-likeness (QED) is 0.727. The highest BCUT2D eigenvalue weighted by molar-refractivity contribution is 7.19. The van der Waals surface area contributed by atoms with Crippen LogP contribution in [-0.4, -0.2) is 43.7 Å². The van der Waals surface area contributed by atoms with Gasteiger partial charge in [-0.1, -0.05) is 23.5 Å². The highest BCUT2D eigenvalue weighted by atomic mass is 32.1. The van der Waals surface area contributed by atoms with E-state index in [9.17, 15) is 9.18 Å². The van der Waals surface area contributed by atoms with Gasteiger partial charge in [0, 0.05) is 18.7 Å². The number of rotatable bonds is 2. The minimum absolute atomic E-state index is 0.152. The van der Waals surface area contributed by atoms with Crippen molar-refractivity contribution in [2.24, 2.45) is 0 Å². The second-order valence-corrected chi connectivity index (χ2v) is 6.09. The Hall–Kier alpha value is -2.35. The summed E-state index contributed by atoms with van der Waals surface area (Å²) in [4.78, 5) is 14.7. The van der Waals surface area contributed by atoms with Crippen LogP contribution in [0.1, 0.15) is 23.5 Å². The van der Waals surface area contributed by atoms with Crippen molar-refractivity contribution in [1.82, 2.24) is 24.7 Å². The molecule has 3 aromatic rings. The van der Waals surface area contributed by atoms with E-state index in [0.29, 0.717) is 15.5 Å². The fourth-order valence-corrected chi connectivity index (χ4v) is 3.39. The normalized spacial score (nSPS) is 14.9. The van der Waals surface area contributed by atoms with E-state index in [1.165, 1.54) is 28.0 Å². The van der Waals surface area contributed by atoms with Crippen LogP contribution in [0.3, 0.4) is 0 Å². The molecule has 1 amide bonds. The molecule has 1 aliphatic rings. The monoisotopic (exact) mass is 317 g/mol. The lowest BCUT2D eigenvalue weighted by atomic mass is 10.2. The Morgan fingerprint density at radius 2 is 2.05 bits per heavy atom. The first-order valence-electron chi connectivity index (χ1n) is 7.00. The third-order valence-electron chi connectivity index (χ3n) is 3.65. The Bertz CT molecular complexity index is 852. The smallest absolute Gasteiger partial charge is 0.293 e. The van der Waals surface area contributed by atoms with E-state index in [4.69, 9.17) is 0 Å². The SMILES string of the molecule is O=C(c1nnc2sc(-c3cccc(F)c3)nn12)N1CCCC1. The summed E-state index contributed by atoms with van der Waals surface area (Å²) in [6.45, 7) is 1.49. The van der Waals surface area contributed by atoms with E-state index in [2.05, 4.69) is 15.3 Å². The van der Waals surface area contributed by atoms with Crippen molar-refractivity contribution in [3.63, 3.8) is 0 Å². The molecule has 8 heteroatoms. The summed E-state index contributed by atoms with van der Waals surface area (Å²) in [6.07, 6.45) is 2.03. The van der Waals surface area contributed by atoms with Gasteiger partial charge in [0.15, 0.2) is 0 Å². The first-order valence-corrected chi connectivity index (χ1v) is 7.81. The molecule has 1 aromatic carbocycles. The second kappa shape index (κ2) is 5.13. The van der Waals surface area contributed by atoms with Crippen LogP contribution in [-0.2, 0) is 0 Å². The van der Waals surface area contributed by atoms with Crippen molar-refractivity contribution in [1.29, 1.82) is 0 Å². The summed E-state index contributed by atoms with van der Waals surface area (Å²) in [5.41, 5.74) is 0.662. The van der Waals surface area contributed by atoms with Gasteiger partial charge in [0.1, 0.15) is 10.8 Å². The Morgan fingerprint density at radius 3 is 2.82 bits per heavy atom. The number of aromatic nitrogens is 4. The summed E-state index contributed by atoms with van der Waals surface area (Å²) in [5, 5.41) is 12.9. The molecule has 1 saturated heterocycles. The summed E-state index contributed by atoms with van der Waals surface area (Å²) < 4.78 is 14.8. The molecule has 1 aliphatic heterocycles. The fourth-order valence-electron chi connectivity index (χ4n) is 2.55. The summed E-state index contributed by atoms with van der Waals surface area (Å²) >= 11 is 1.28. The standard InChI is InChI=1S/C14H12FN5OS/c15-10-5-3-4-9(8-10)12-18-20-11(16-17-14(20)22-12)13(21)19-6-1-2-7-19/h3-5,8H,1-2,6-7H2. The van der Waals surface area contributed by atoms with Crippen LogP contribution in [0.25, 0.3) is 15.5 Å². The molecule has 112 valence electrons. The number of benzene rings is 1. The third-order valence-corrected chi connectivity index (χ3v) is 4.59. The van der Waals surface area contributed by atoms with Gasteiger partial charge < -0.3 is 4.90 Å². The van der Waals surface area contributed by atoms with Gasteiger partial charge in [-0.25, -0.2) is 4.39 Å². The zero-order valence-electron chi connectivity index (χ0n) is 11.6. The summed E-state index contributed by atoms with van der Waals surface area (Å²) in [6, 6.07) is 6.19. The molecule has 0 radical (unpaired) electrons. The molecule has 0 atom stereocenters. The molecule has 0 unspecified atom stereocenters. The average Bonchev–Trinajstić information content (AvgIpc) is 3.23. The van der Waals surface area contributed by atoms with Gasteiger partial charge in [-0.05, 0) is 25.0 Å². The second-order valence-electron chi connectivity index (χ2n) is 5.13. The lowest BCUT2D eigenvalue weighted by Gasteiger charge is -2.12. The van der Waals surface area contributed by atoms with E-state index in [-0.39, 0.29) is 17.5 Å². The fraction of sp³-hybridized carbons (Fsp3) is 0.286. The van der Waals surface area contributed by atoms with Gasteiger partial charge in [-0.2, -0.15) is 9.61 Å². The van der Waals surface area contributed by atoms with E-state index >= 15 is 0 Å². The van der Waals surface area contributed by atoms with Crippen LogP contribution in [0.15, 0.2) is 24.3 Å². The zero-order chi connectivity index (χ0) is 15.1. The number of hydrogen-bond acceptors (Lipinski definition) is 5. The summed E-state index contributed by atoms with van der Waals surface area (Å²) in [5.74, 6) is -0.256.